The SMILES string of the molecule is Cc1oc(-c2ccco2)nc1CN1C(=O)CC2(CCSC2)C1=O. The molecule has 0 saturated carbocycles. The van der Waals surface area contributed by atoms with Crippen molar-refractivity contribution in [2.24, 2.45) is 5.41 Å². The van der Waals surface area contributed by atoms with E-state index in [-0.39, 0.29) is 18.4 Å². The number of imide groups is 1. The Labute approximate surface area is 137 Å². The third-order valence-corrected chi connectivity index (χ3v) is 5.77. The first-order valence-electron chi connectivity index (χ1n) is 7.52. The van der Waals surface area contributed by atoms with Gasteiger partial charge >= 0.3 is 0 Å². The molecule has 2 saturated heterocycles. The Morgan fingerprint density at radius 2 is 2.30 bits per heavy atom. The first-order chi connectivity index (χ1) is 11.1. The molecule has 1 atom stereocenters. The molecule has 6 nitrogen and oxygen atoms in total. The quantitative estimate of drug-likeness (QED) is 0.804. The molecule has 2 fully saturated rings. The summed E-state index contributed by atoms with van der Waals surface area (Å²) >= 11 is 1.74. The number of carbonyl (C=O) groups is 2. The molecule has 1 unspecified atom stereocenters. The summed E-state index contributed by atoms with van der Waals surface area (Å²) in [5.74, 6) is 3.00. The Hall–Kier alpha value is -2.02. The smallest absolute Gasteiger partial charge is 0.263 e. The summed E-state index contributed by atoms with van der Waals surface area (Å²) in [6.45, 7) is 1.95. The molecule has 4 heterocycles. The monoisotopic (exact) mass is 332 g/mol. The maximum absolute atomic E-state index is 12.7. The average Bonchev–Trinajstić information content (AvgIpc) is 3.27. The highest BCUT2D eigenvalue weighted by Gasteiger charge is 2.53. The number of oxazole rings is 1. The molecular formula is C16H16N2O4S. The van der Waals surface area contributed by atoms with Crippen molar-refractivity contribution >= 4 is 23.6 Å². The van der Waals surface area contributed by atoms with E-state index in [1.807, 2.05) is 0 Å². The predicted octanol–water partition coefficient (Wildman–Crippen LogP) is 2.63. The fourth-order valence-corrected chi connectivity index (χ4v) is 4.61. The van der Waals surface area contributed by atoms with E-state index in [0.29, 0.717) is 29.5 Å². The molecule has 2 amide bonds. The third-order valence-electron chi connectivity index (χ3n) is 4.53. The lowest BCUT2D eigenvalue weighted by Crippen LogP contribution is -2.35. The van der Waals surface area contributed by atoms with Gasteiger partial charge in [0.05, 0.1) is 18.2 Å². The van der Waals surface area contributed by atoms with Crippen molar-refractivity contribution in [1.29, 1.82) is 0 Å². The number of aryl methyl sites for hydroxylation is 1. The van der Waals surface area contributed by atoms with Crippen LogP contribution < -0.4 is 0 Å². The molecule has 4 rings (SSSR count). The van der Waals surface area contributed by atoms with Crippen LogP contribution in [0.2, 0.25) is 0 Å². The standard InChI is InChI=1S/C16H16N2O4S/c1-10-11(17-14(22-10)12-3-2-5-21-12)8-18-13(19)7-16(15(18)20)4-6-23-9-16/h2-3,5H,4,6-9H2,1H3. The van der Waals surface area contributed by atoms with Crippen molar-refractivity contribution in [3.63, 3.8) is 0 Å². The van der Waals surface area contributed by atoms with E-state index in [1.165, 1.54) is 4.90 Å². The van der Waals surface area contributed by atoms with E-state index in [0.717, 1.165) is 17.9 Å². The molecular weight excluding hydrogens is 316 g/mol. The number of hydrogen-bond donors (Lipinski definition) is 0. The number of carbonyl (C=O) groups excluding carboxylic acids is 2. The van der Waals surface area contributed by atoms with E-state index >= 15 is 0 Å². The highest BCUT2D eigenvalue weighted by atomic mass is 32.2. The maximum Gasteiger partial charge on any atom is 0.263 e. The van der Waals surface area contributed by atoms with Crippen LogP contribution in [0.25, 0.3) is 11.7 Å². The van der Waals surface area contributed by atoms with Gasteiger partial charge in [0.1, 0.15) is 11.5 Å². The van der Waals surface area contributed by atoms with Gasteiger partial charge in [-0.1, -0.05) is 0 Å². The molecule has 0 N–H and O–H groups in total. The normalized spacial score (nSPS) is 24.3. The van der Waals surface area contributed by atoms with E-state index in [4.69, 9.17) is 8.83 Å². The first-order valence-corrected chi connectivity index (χ1v) is 8.67. The summed E-state index contributed by atoms with van der Waals surface area (Å²) in [4.78, 5) is 30.7. The Kier molecular flexibility index (Phi) is 3.33. The zero-order valence-corrected chi connectivity index (χ0v) is 13.5. The van der Waals surface area contributed by atoms with Crippen LogP contribution in [-0.2, 0) is 16.1 Å². The van der Waals surface area contributed by atoms with Crippen LogP contribution in [0.5, 0.6) is 0 Å². The van der Waals surface area contributed by atoms with Crippen LogP contribution in [-0.4, -0.2) is 33.2 Å². The zero-order valence-electron chi connectivity index (χ0n) is 12.7. The third kappa shape index (κ3) is 2.30. The summed E-state index contributed by atoms with van der Waals surface area (Å²) in [6.07, 6.45) is 2.65. The number of hydrogen-bond acceptors (Lipinski definition) is 6. The van der Waals surface area contributed by atoms with E-state index in [2.05, 4.69) is 4.98 Å². The summed E-state index contributed by atoms with van der Waals surface area (Å²) in [7, 11) is 0. The molecule has 2 aromatic rings. The highest BCUT2D eigenvalue weighted by molar-refractivity contribution is 7.99. The van der Waals surface area contributed by atoms with Gasteiger partial charge in [-0.15, -0.1) is 0 Å². The maximum atomic E-state index is 12.7. The molecule has 1 spiro atoms. The minimum Gasteiger partial charge on any atom is -0.459 e. The fourth-order valence-electron chi connectivity index (χ4n) is 3.17. The lowest BCUT2D eigenvalue weighted by Gasteiger charge is -2.19. The number of nitrogens with zero attached hydrogens (tertiary/aromatic N) is 2. The van der Waals surface area contributed by atoms with Crippen molar-refractivity contribution in [2.75, 3.05) is 11.5 Å². The van der Waals surface area contributed by atoms with Crippen LogP contribution in [0.15, 0.2) is 27.2 Å². The van der Waals surface area contributed by atoms with Crippen molar-refractivity contribution in [3.05, 3.63) is 29.9 Å². The molecule has 0 radical (unpaired) electrons. The summed E-state index contributed by atoms with van der Waals surface area (Å²) in [5, 5.41) is 0. The fraction of sp³-hybridized carbons (Fsp3) is 0.438. The van der Waals surface area contributed by atoms with Gasteiger partial charge in [0.25, 0.3) is 5.89 Å². The summed E-state index contributed by atoms with van der Waals surface area (Å²) in [5.41, 5.74) is 0.115. The second-order valence-corrected chi connectivity index (χ2v) is 7.15. The molecule has 2 aliphatic rings. The van der Waals surface area contributed by atoms with Crippen LogP contribution in [0.3, 0.4) is 0 Å². The molecule has 2 aliphatic heterocycles. The molecule has 0 bridgehead atoms. The van der Waals surface area contributed by atoms with Gasteiger partial charge in [-0.2, -0.15) is 11.8 Å². The van der Waals surface area contributed by atoms with Gasteiger partial charge in [0.15, 0.2) is 5.76 Å². The second kappa shape index (κ2) is 5.26. The van der Waals surface area contributed by atoms with Gasteiger partial charge in [-0.3, -0.25) is 14.5 Å². The Balaban J connectivity index is 1.59. The summed E-state index contributed by atoms with van der Waals surface area (Å²) < 4.78 is 10.9. The van der Waals surface area contributed by atoms with E-state index in [9.17, 15) is 9.59 Å². The topological polar surface area (TPSA) is 76.6 Å². The molecule has 0 aliphatic carbocycles. The minimum absolute atomic E-state index is 0.0607. The predicted molar refractivity (Wildman–Crippen MR) is 83.5 cm³/mol. The van der Waals surface area contributed by atoms with Crippen LogP contribution in [0.4, 0.5) is 0 Å². The number of thioether (sulfide) groups is 1. The highest BCUT2D eigenvalue weighted by Crippen LogP contribution is 2.45. The Bertz CT molecular complexity index is 759. The zero-order chi connectivity index (χ0) is 16.0. The van der Waals surface area contributed by atoms with Gasteiger partial charge < -0.3 is 8.83 Å². The van der Waals surface area contributed by atoms with Gasteiger partial charge in [0.2, 0.25) is 11.8 Å². The van der Waals surface area contributed by atoms with Crippen molar-refractivity contribution in [3.8, 4) is 11.7 Å². The molecule has 0 aromatic carbocycles. The van der Waals surface area contributed by atoms with Crippen molar-refractivity contribution < 1.29 is 18.4 Å². The molecule has 120 valence electrons. The lowest BCUT2D eigenvalue weighted by molar-refractivity contribution is -0.141. The minimum atomic E-state index is -0.483. The second-order valence-electron chi connectivity index (χ2n) is 6.04. The van der Waals surface area contributed by atoms with Crippen molar-refractivity contribution in [1.82, 2.24) is 9.88 Å². The number of amides is 2. The lowest BCUT2D eigenvalue weighted by atomic mass is 9.86. The van der Waals surface area contributed by atoms with Crippen LogP contribution in [0.1, 0.15) is 24.3 Å². The number of likely N-dealkylation sites (tertiary alicyclic amines) is 1. The first kappa shape index (κ1) is 14.6. The Morgan fingerprint density at radius 3 is 3.00 bits per heavy atom. The summed E-state index contributed by atoms with van der Waals surface area (Å²) in [6, 6.07) is 3.51. The van der Waals surface area contributed by atoms with Crippen LogP contribution >= 0.6 is 11.8 Å². The van der Waals surface area contributed by atoms with Crippen LogP contribution in [0, 0.1) is 12.3 Å². The Morgan fingerprint density at radius 1 is 1.43 bits per heavy atom. The molecule has 7 heteroatoms. The number of furan rings is 1. The molecule has 23 heavy (non-hydrogen) atoms. The van der Waals surface area contributed by atoms with Gasteiger partial charge in [0, 0.05) is 12.2 Å². The van der Waals surface area contributed by atoms with Gasteiger partial charge in [-0.25, -0.2) is 4.98 Å². The number of rotatable bonds is 3. The number of aromatic nitrogens is 1. The van der Waals surface area contributed by atoms with E-state index in [1.54, 1.807) is 37.1 Å². The average molecular weight is 332 g/mol. The molecule has 2 aromatic heterocycles. The van der Waals surface area contributed by atoms with Gasteiger partial charge in [-0.05, 0) is 31.2 Å². The van der Waals surface area contributed by atoms with E-state index < -0.39 is 5.41 Å². The largest absolute Gasteiger partial charge is 0.459 e. The van der Waals surface area contributed by atoms with Crippen molar-refractivity contribution in [2.45, 2.75) is 26.3 Å².